The van der Waals surface area contributed by atoms with E-state index in [-0.39, 0.29) is 5.54 Å². The molecular weight excluding hydrogens is 352 g/mol. The first-order valence-electron chi connectivity index (χ1n) is 11.9. The topological polar surface area (TPSA) is 15.4 Å². The van der Waals surface area contributed by atoms with Gasteiger partial charge in [0.25, 0.3) is 0 Å². The van der Waals surface area contributed by atoms with Crippen LogP contribution < -0.4 is 0 Å². The van der Waals surface area contributed by atoms with Gasteiger partial charge < -0.3 is 0 Å². The Labute approximate surface area is 175 Å². The molecule has 0 aromatic heterocycles. The van der Waals surface area contributed by atoms with Gasteiger partial charge in [0.15, 0.2) is 0 Å². The summed E-state index contributed by atoms with van der Waals surface area (Å²) >= 11 is 0. The van der Waals surface area contributed by atoms with Gasteiger partial charge in [0.1, 0.15) is 0 Å². The molecule has 0 amide bonds. The summed E-state index contributed by atoms with van der Waals surface area (Å²) in [5.41, 5.74) is 5.85. The third-order valence-electron chi connectivity index (χ3n) is 7.96. The summed E-state index contributed by atoms with van der Waals surface area (Å²) in [7, 11) is 0. The molecule has 1 heterocycles. The van der Waals surface area contributed by atoms with Crippen LogP contribution in [-0.4, -0.2) is 28.7 Å². The third kappa shape index (κ3) is 2.68. The first kappa shape index (κ1) is 17.9. The van der Waals surface area contributed by atoms with Crippen molar-refractivity contribution in [3.05, 3.63) is 71.3 Å². The molecule has 3 fully saturated rings. The number of fused-ring (bicyclic) bond motifs is 3. The number of rotatable bonds is 3. The molecule has 0 radical (unpaired) electrons. The van der Waals surface area contributed by atoms with Gasteiger partial charge in [-0.05, 0) is 36.8 Å². The SMILES string of the molecule is c1ccc(C23c4ccccc4C(=NC4CCCCC4)C2N3C2CCCCC2)cc1. The van der Waals surface area contributed by atoms with E-state index in [1.807, 2.05) is 0 Å². The largest absolute Gasteiger partial charge is 0.284 e. The van der Waals surface area contributed by atoms with Crippen LogP contribution in [0.1, 0.15) is 80.9 Å². The molecule has 2 aromatic rings. The Morgan fingerprint density at radius 1 is 0.724 bits per heavy atom. The van der Waals surface area contributed by atoms with Crippen LogP contribution in [0, 0.1) is 0 Å². The van der Waals surface area contributed by atoms with Crippen LogP contribution >= 0.6 is 0 Å². The normalized spacial score (nSPS) is 33.4. The average molecular weight is 385 g/mol. The van der Waals surface area contributed by atoms with Crippen molar-refractivity contribution in [1.82, 2.24) is 4.90 Å². The lowest BCUT2D eigenvalue weighted by Crippen LogP contribution is -2.31. The van der Waals surface area contributed by atoms with Gasteiger partial charge in [-0.25, -0.2) is 0 Å². The average Bonchev–Trinajstić information content (AvgIpc) is 3.42. The Morgan fingerprint density at radius 2 is 1.38 bits per heavy atom. The lowest BCUT2D eigenvalue weighted by molar-refractivity contribution is 0.256. The van der Waals surface area contributed by atoms with Crippen molar-refractivity contribution in [1.29, 1.82) is 0 Å². The second-order valence-corrected chi connectivity index (χ2v) is 9.59. The first-order chi connectivity index (χ1) is 14.4. The number of benzene rings is 2. The van der Waals surface area contributed by atoms with E-state index in [2.05, 4.69) is 59.5 Å². The van der Waals surface area contributed by atoms with Crippen LogP contribution in [0.15, 0.2) is 59.6 Å². The molecule has 1 aliphatic heterocycles. The summed E-state index contributed by atoms with van der Waals surface area (Å²) in [6.07, 6.45) is 13.5. The van der Waals surface area contributed by atoms with Gasteiger partial charge in [0.05, 0.1) is 23.3 Å². The Kier molecular flexibility index (Phi) is 4.37. The van der Waals surface area contributed by atoms with Crippen molar-refractivity contribution in [3.8, 4) is 0 Å². The molecule has 2 aromatic carbocycles. The van der Waals surface area contributed by atoms with Crippen LogP contribution in [0.4, 0.5) is 0 Å². The minimum Gasteiger partial charge on any atom is -0.284 e. The van der Waals surface area contributed by atoms with Crippen LogP contribution in [-0.2, 0) is 5.54 Å². The van der Waals surface area contributed by atoms with Crippen LogP contribution in [0.5, 0.6) is 0 Å². The number of aliphatic imine (C=N–C) groups is 1. The number of hydrogen-bond acceptors (Lipinski definition) is 2. The Hall–Kier alpha value is -1.93. The van der Waals surface area contributed by atoms with E-state index >= 15 is 0 Å². The summed E-state index contributed by atoms with van der Waals surface area (Å²) in [6.45, 7) is 0. The molecule has 2 heteroatoms. The Balaban J connectivity index is 1.49. The molecule has 29 heavy (non-hydrogen) atoms. The van der Waals surface area contributed by atoms with E-state index in [0.717, 1.165) is 0 Å². The lowest BCUT2D eigenvalue weighted by atomic mass is 9.89. The summed E-state index contributed by atoms with van der Waals surface area (Å²) < 4.78 is 0. The fourth-order valence-electron chi connectivity index (χ4n) is 6.67. The van der Waals surface area contributed by atoms with Gasteiger partial charge in [-0.2, -0.15) is 0 Å². The molecule has 3 aliphatic carbocycles. The quantitative estimate of drug-likeness (QED) is 0.585. The Morgan fingerprint density at radius 3 is 2.14 bits per heavy atom. The highest BCUT2D eigenvalue weighted by molar-refractivity contribution is 6.14. The summed E-state index contributed by atoms with van der Waals surface area (Å²) in [5, 5.41) is 0. The molecule has 150 valence electrons. The number of hydrogen-bond donors (Lipinski definition) is 0. The standard InChI is InChI=1S/C27H32N2/c1-4-12-20(13-5-1)27-24-19-11-10-18-23(24)25(28-21-14-6-2-7-15-21)26(27)29(27)22-16-8-3-9-17-22/h1,4-5,10-13,18-19,21-22,26H,2-3,6-9,14-17H2. The van der Waals surface area contributed by atoms with Crippen molar-refractivity contribution in [2.75, 3.05) is 0 Å². The summed E-state index contributed by atoms with van der Waals surface area (Å²) in [6, 6.07) is 22.2. The monoisotopic (exact) mass is 384 g/mol. The molecule has 2 saturated carbocycles. The highest BCUT2D eigenvalue weighted by Crippen LogP contribution is 2.63. The smallest absolute Gasteiger partial charge is 0.0946 e. The van der Waals surface area contributed by atoms with E-state index < -0.39 is 0 Å². The fourth-order valence-corrected chi connectivity index (χ4v) is 6.67. The van der Waals surface area contributed by atoms with E-state index in [0.29, 0.717) is 18.1 Å². The van der Waals surface area contributed by atoms with Gasteiger partial charge in [-0.3, -0.25) is 9.89 Å². The van der Waals surface area contributed by atoms with E-state index in [1.165, 1.54) is 86.6 Å². The zero-order chi connectivity index (χ0) is 19.3. The van der Waals surface area contributed by atoms with Crippen molar-refractivity contribution >= 4 is 5.71 Å². The van der Waals surface area contributed by atoms with Crippen molar-refractivity contribution in [2.24, 2.45) is 4.99 Å². The fraction of sp³-hybridized carbons (Fsp3) is 0.519. The zero-order valence-corrected chi connectivity index (χ0v) is 17.4. The highest BCUT2D eigenvalue weighted by Gasteiger charge is 2.72. The van der Waals surface area contributed by atoms with E-state index in [9.17, 15) is 0 Å². The Bertz CT molecular complexity index is 905. The van der Waals surface area contributed by atoms with Gasteiger partial charge in [0.2, 0.25) is 0 Å². The maximum absolute atomic E-state index is 5.49. The molecule has 1 saturated heterocycles. The van der Waals surface area contributed by atoms with Crippen molar-refractivity contribution < 1.29 is 0 Å². The molecule has 4 aliphatic rings. The minimum absolute atomic E-state index is 0.0351. The molecule has 3 unspecified atom stereocenters. The predicted octanol–water partition coefficient (Wildman–Crippen LogP) is 6.08. The molecule has 0 bridgehead atoms. The first-order valence-corrected chi connectivity index (χ1v) is 11.9. The molecule has 0 N–H and O–H groups in total. The van der Waals surface area contributed by atoms with Crippen LogP contribution in [0.25, 0.3) is 0 Å². The second-order valence-electron chi connectivity index (χ2n) is 9.59. The van der Waals surface area contributed by atoms with Gasteiger partial charge >= 0.3 is 0 Å². The van der Waals surface area contributed by atoms with E-state index in [1.54, 1.807) is 0 Å². The molecule has 3 atom stereocenters. The van der Waals surface area contributed by atoms with Crippen molar-refractivity contribution in [2.45, 2.75) is 87.9 Å². The second kappa shape index (κ2) is 7.09. The maximum atomic E-state index is 5.49. The van der Waals surface area contributed by atoms with Crippen LogP contribution in [0.3, 0.4) is 0 Å². The minimum atomic E-state index is 0.0351. The molecule has 6 rings (SSSR count). The van der Waals surface area contributed by atoms with Gasteiger partial charge in [0, 0.05) is 11.6 Å². The lowest BCUT2D eigenvalue weighted by Gasteiger charge is -2.30. The van der Waals surface area contributed by atoms with E-state index in [4.69, 9.17) is 4.99 Å². The van der Waals surface area contributed by atoms with Crippen LogP contribution in [0.2, 0.25) is 0 Å². The summed E-state index contributed by atoms with van der Waals surface area (Å²) in [5.74, 6) is 0. The summed E-state index contributed by atoms with van der Waals surface area (Å²) in [4.78, 5) is 8.36. The van der Waals surface area contributed by atoms with Gasteiger partial charge in [-0.1, -0.05) is 93.1 Å². The van der Waals surface area contributed by atoms with Crippen molar-refractivity contribution in [3.63, 3.8) is 0 Å². The highest BCUT2D eigenvalue weighted by atomic mass is 15.4. The third-order valence-corrected chi connectivity index (χ3v) is 7.96. The maximum Gasteiger partial charge on any atom is 0.0946 e. The molecule has 0 spiro atoms. The molecular formula is C27H32N2. The predicted molar refractivity (Wildman–Crippen MR) is 120 cm³/mol. The number of nitrogens with zero attached hydrogens (tertiary/aromatic N) is 2. The van der Waals surface area contributed by atoms with Gasteiger partial charge in [-0.15, -0.1) is 0 Å². The zero-order valence-electron chi connectivity index (χ0n) is 17.4. The molecule has 2 nitrogen and oxygen atoms in total.